The zero-order valence-corrected chi connectivity index (χ0v) is 15.3. The third kappa shape index (κ3) is 3.96. The number of hydrogen-bond donors (Lipinski definition) is 2. The van der Waals surface area contributed by atoms with E-state index >= 15 is 0 Å². The summed E-state index contributed by atoms with van der Waals surface area (Å²) in [6.07, 6.45) is 9.21. The molecule has 132 valence electrons. The second-order valence-corrected chi connectivity index (χ2v) is 7.41. The first-order valence-corrected chi connectivity index (χ1v) is 9.14. The Hall–Kier alpha value is -2.07. The minimum Gasteiger partial charge on any atom is -0.397 e. The molecule has 5 heteroatoms. The molecular weight excluding hydrogens is 334 g/mol. The number of nitrogens with one attached hydrogen (secondary N) is 1. The lowest BCUT2D eigenvalue weighted by Gasteiger charge is -2.37. The first-order chi connectivity index (χ1) is 12.0. The number of pyridine rings is 1. The van der Waals surface area contributed by atoms with E-state index in [1.54, 1.807) is 12.4 Å². The van der Waals surface area contributed by atoms with Crippen LogP contribution in [0.4, 0.5) is 11.4 Å². The Morgan fingerprint density at radius 1 is 1.28 bits per heavy atom. The van der Waals surface area contributed by atoms with Crippen molar-refractivity contribution in [2.24, 2.45) is 0 Å². The Morgan fingerprint density at radius 3 is 2.76 bits per heavy atom. The molecule has 1 amide bonds. The summed E-state index contributed by atoms with van der Waals surface area (Å²) in [5, 5.41) is 3.71. The van der Waals surface area contributed by atoms with Crippen LogP contribution in [-0.4, -0.2) is 10.9 Å². The second kappa shape index (κ2) is 7.44. The van der Waals surface area contributed by atoms with Gasteiger partial charge in [0.05, 0.1) is 23.8 Å². The third-order valence-electron chi connectivity index (χ3n) is 5.27. The average molecular weight is 358 g/mol. The van der Waals surface area contributed by atoms with Gasteiger partial charge in [0.15, 0.2) is 0 Å². The fourth-order valence-corrected chi connectivity index (χ4v) is 3.97. The van der Waals surface area contributed by atoms with Crippen molar-refractivity contribution in [2.45, 2.75) is 50.9 Å². The van der Waals surface area contributed by atoms with Gasteiger partial charge in [-0.15, -0.1) is 0 Å². The zero-order chi connectivity index (χ0) is 17.9. The number of carbonyl (C=O) groups is 1. The van der Waals surface area contributed by atoms with Crippen molar-refractivity contribution in [2.75, 3.05) is 11.1 Å². The molecule has 0 aliphatic heterocycles. The van der Waals surface area contributed by atoms with Gasteiger partial charge in [-0.05, 0) is 43.0 Å². The summed E-state index contributed by atoms with van der Waals surface area (Å²) in [6.45, 7) is 1.89. The van der Waals surface area contributed by atoms with E-state index in [1.165, 1.54) is 6.42 Å². The highest BCUT2D eigenvalue weighted by Gasteiger charge is 2.36. The largest absolute Gasteiger partial charge is 0.397 e. The van der Waals surface area contributed by atoms with Gasteiger partial charge in [0.25, 0.3) is 0 Å². The number of benzene rings is 1. The van der Waals surface area contributed by atoms with E-state index < -0.39 is 0 Å². The molecule has 2 aromatic rings. The van der Waals surface area contributed by atoms with Crippen LogP contribution in [0, 0.1) is 6.92 Å². The van der Waals surface area contributed by atoms with Gasteiger partial charge in [-0.25, -0.2) is 0 Å². The first-order valence-electron chi connectivity index (χ1n) is 8.76. The minimum absolute atomic E-state index is 0.00243. The molecule has 0 spiro atoms. The first kappa shape index (κ1) is 17.7. The van der Waals surface area contributed by atoms with Gasteiger partial charge in [-0.1, -0.05) is 43.0 Å². The molecule has 0 bridgehead atoms. The van der Waals surface area contributed by atoms with Gasteiger partial charge < -0.3 is 11.1 Å². The van der Waals surface area contributed by atoms with Crippen LogP contribution in [0.5, 0.6) is 0 Å². The van der Waals surface area contributed by atoms with Gasteiger partial charge in [-0.2, -0.15) is 0 Å². The van der Waals surface area contributed by atoms with Crippen LogP contribution >= 0.6 is 11.6 Å². The normalized spacial score (nSPS) is 16.4. The van der Waals surface area contributed by atoms with Crippen LogP contribution < -0.4 is 11.1 Å². The van der Waals surface area contributed by atoms with E-state index in [0.717, 1.165) is 41.8 Å². The van der Waals surface area contributed by atoms with Crippen molar-refractivity contribution in [1.29, 1.82) is 0 Å². The number of nitrogens with two attached hydrogens (primary N) is 1. The number of nitrogen functional groups attached to an aromatic ring is 1. The maximum absolute atomic E-state index is 12.8. The minimum atomic E-state index is -0.144. The monoisotopic (exact) mass is 357 g/mol. The van der Waals surface area contributed by atoms with Crippen LogP contribution in [0.15, 0.2) is 36.7 Å². The van der Waals surface area contributed by atoms with Crippen LogP contribution in [0.25, 0.3) is 0 Å². The smallest absolute Gasteiger partial charge is 0.225 e. The van der Waals surface area contributed by atoms with E-state index in [-0.39, 0.29) is 11.3 Å². The lowest BCUT2D eigenvalue weighted by Crippen LogP contribution is -2.34. The van der Waals surface area contributed by atoms with Crippen LogP contribution in [-0.2, 0) is 10.2 Å². The van der Waals surface area contributed by atoms with Gasteiger partial charge in [0.1, 0.15) is 0 Å². The number of rotatable bonds is 4. The molecule has 0 atom stereocenters. The number of amides is 1. The molecule has 0 radical (unpaired) electrons. The van der Waals surface area contributed by atoms with Gasteiger partial charge in [-0.3, -0.25) is 9.78 Å². The second-order valence-electron chi connectivity index (χ2n) is 6.98. The number of hydrogen-bond acceptors (Lipinski definition) is 3. The Morgan fingerprint density at radius 2 is 2.04 bits per heavy atom. The fourth-order valence-electron chi connectivity index (χ4n) is 3.78. The molecule has 0 unspecified atom stereocenters. The predicted molar refractivity (Wildman–Crippen MR) is 103 cm³/mol. The number of halogens is 1. The standard InChI is InChI=1S/C20H24ClN3O/c1-14-17(22)12-23-13-18(14)24-19(25)11-20(8-3-2-4-9-20)15-6-5-7-16(21)10-15/h5-7,10,12-13H,2-4,8-9,11,22H2,1H3,(H,24,25). The van der Waals surface area contributed by atoms with Crippen molar-refractivity contribution >= 4 is 28.9 Å². The number of aromatic nitrogens is 1. The van der Waals surface area contributed by atoms with Crippen molar-refractivity contribution in [1.82, 2.24) is 4.98 Å². The lowest BCUT2D eigenvalue weighted by molar-refractivity contribution is -0.117. The quantitative estimate of drug-likeness (QED) is 0.821. The molecule has 0 saturated heterocycles. The van der Waals surface area contributed by atoms with Crippen molar-refractivity contribution in [3.05, 3.63) is 52.8 Å². The van der Waals surface area contributed by atoms with Crippen molar-refractivity contribution in [3.63, 3.8) is 0 Å². The molecule has 1 aromatic carbocycles. The Labute approximate surface area is 153 Å². The Kier molecular flexibility index (Phi) is 5.28. The maximum atomic E-state index is 12.8. The average Bonchev–Trinajstić information content (AvgIpc) is 2.60. The third-order valence-corrected chi connectivity index (χ3v) is 5.51. The number of anilines is 2. The highest BCUT2D eigenvalue weighted by Crippen LogP contribution is 2.43. The van der Waals surface area contributed by atoms with Crippen LogP contribution in [0.1, 0.15) is 49.7 Å². The molecule has 3 N–H and O–H groups in total. The SMILES string of the molecule is Cc1c(N)cncc1NC(=O)CC1(c2cccc(Cl)c2)CCCCC1. The predicted octanol–water partition coefficient (Wildman–Crippen LogP) is 4.86. The van der Waals surface area contributed by atoms with E-state index in [2.05, 4.69) is 16.4 Å². The Bertz CT molecular complexity index is 769. The number of carbonyl (C=O) groups excluding carboxylic acids is 1. The Balaban J connectivity index is 1.83. The summed E-state index contributed by atoms with van der Waals surface area (Å²) >= 11 is 6.21. The molecule has 1 aliphatic rings. The summed E-state index contributed by atoms with van der Waals surface area (Å²) in [7, 11) is 0. The lowest BCUT2D eigenvalue weighted by atomic mass is 9.67. The summed E-state index contributed by atoms with van der Waals surface area (Å²) in [6, 6.07) is 7.95. The molecule has 4 nitrogen and oxygen atoms in total. The molecule has 1 saturated carbocycles. The van der Waals surface area contributed by atoms with E-state index in [9.17, 15) is 4.79 Å². The van der Waals surface area contributed by atoms with Crippen molar-refractivity contribution < 1.29 is 4.79 Å². The van der Waals surface area contributed by atoms with Crippen molar-refractivity contribution in [3.8, 4) is 0 Å². The molecule has 1 aromatic heterocycles. The fraction of sp³-hybridized carbons (Fsp3) is 0.400. The van der Waals surface area contributed by atoms with Crippen LogP contribution in [0.3, 0.4) is 0 Å². The molecule has 3 rings (SSSR count). The summed E-state index contributed by atoms with van der Waals surface area (Å²) < 4.78 is 0. The summed E-state index contributed by atoms with van der Waals surface area (Å²) in [5.74, 6) is -0.00243. The number of nitrogens with zero attached hydrogens (tertiary/aromatic N) is 1. The van der Waals surface area contributed by atoms with Gasteiger partial charge in [0.2, 0.25) is 5.91 Å². The molecule has 25 heavy (non-hydrogen) atoms. The topological polar surface area (TPSA) is 68.0 Å². The maximum Gasteiger partial charge on any atom is 0.225 e. The molecule has 1 fully saturated rings. The summed E-state index contributed by atoms with van der Waals surface area (Å²) in [5.41, 5.74) is 9.02. The van der Waals surface area contributed by atoms with Gasteiger partial charge in [0, 0.05) is 16.9 Å². The summed E-state index contributed by atoms with van der Waals surface area (Å²) in [4.78, 5) is 16.9. The van der Waals surface area contributed by atoms with Crippen LogP contribution in [0.2, 0.25) is 5.02 Å². The molecular formula is C20H24ClN3O. The molecule has 1 heterocycles. The van der Waals surface area contributed by atoms with E-state index in [0.29, 0.717) is 17.8 Å². The van der Waals surface area contributed by atoms with E-state index in [1.807, 2.05) is 25.1 Å². The molecule has 1 aliphatic carbocycles. The highest BCUT2D eigenvalue weighted by atomic mass is 35.5. The van der Waals surface area contributed by atoms with Gasteiger partial charge >= 0.3 is 0 Å². The zero-order valence-electron chi connectivity index (χ0n) is 14.5. The highest BCUT2D eigenvalue weighted by molar-refractivity contribution is 6.30. The van der Waals surface area contributed by atoms with E-state index in [4.69, 9.17) is 17.3 Å².